The number of carbonyl (C=O) groups is 1. The first-order chi connectivity index (χ1) is 8.63. The Balaban J connectivity index is 2.14. The number of rotatable bonds is 7. The Labute approximate surface area is 109 Å². The molecule has 1 amide bonds. The quantitative estimate of drug-likeness (QED) is 0.665. The summed E-state index contributed by atoms with van der Waals surface area (Å²) in [6.45, 7) is 3.04. The van der Waals surface area contributed by atoms with Crippen LogP contribution in [0.15, 0.2) is 0 Å². The first-order valence-corrected chi connectivity index (χ1v) is 6.73. The van der Waals surface area contributed by atoms with Crippen molar-refractivity contribution in [2.45, 2.75) is 57.3 Å². The number of hydrogen-bond acceptors (Lipinski definition) is 4. The monoisotopic (exact) mass is 259 g/mol. The lowest BCUT2D eigenvalue weighted by atomic mass is 9.95. The molecule has 2 N–H and O–H groups in total. The maximum absolute atomic E-state index is 11.7. The smallest absolute Gasteiger partial charge is 0.248 e. The van der Waals surface area contributed by atoms with Crippen molar-refractivity contribution in [3.8, 4) is 0 Å². The van der Waals surface area contributed by atoms with Crippen molar-refractivity contribution < 1.29 is 19.4 Å². The van der Waals surface area contributed by atoms with E-state index in [9.17, 15) is 9.90 Å². The van der Waals surface area contributed by atoms with E-state index in [0.717, 1.165) is 32.1 Å². The summed E-state index contributed by atoms with van der Waals surface area (Å²) in [7, 11) is 1.64. The molecule has 1 saturated carbocycles. The standard InChI is InChI=1S/C13H25NO4/c1-10(13(16)14-8-3-9-17-2)18-12-6-4-11(15)5-7-12/h10-12,15H,3-9H2,1-2H3,(H,14,16). The SMILES string of the molecule is COCCCNC(=O)C(C)OC1CCC(O)CC1. The van der Waals surface area contributed by atoms with E-state index in [0.29, 0.717) is 13.2 Å². The highest BCUT2D eigenvalue weighted by Crippen LogP contribution is 2.22. The van der Waals surface area contributed by atoms with Crippen molar-refractivity contribution in [3.63, 3.8) is 0 Å². The van der Waals surface area contributed by atoms with Crippen molar-refractivity contribution >= 4 is 5.91 Å². The summed E-state index contributed by atoms with van der Waals surface area (Å²) < 4.78 is 10.6. The van der Waals surface area contributed by atoms with Crippen LogP contribution in [0.2, 0.25) is 0 Å². The van der Waals surface area contributed by atoms with Crippen molar-refractivity contribution in [2.24, 2.45) is 0 Å². The van der Waals surface area contributed by atoms with Crippen LogP contribution < -0.4 is 5.32 Å². The summed E-state index contributed by atoms with van der Waals surface area (Å²) in [5.41, 5.74) is 0. The van der Waals surface area contributed by atoms with E-state index < -0.39 is 6.10 Å². The molecular formula is C13H25NO4. The normalized spacial score (nSPS) is 25.7. The highest BCUT2D eigenvalue weighted by molar-refractivity contribution is 5.80. The Morgan fingerprint density at radius 1 is 1.39 bits per heavy atom. The molecule has 1 fully saturated rings. The molecule has 0 spiro atoms. The van der Waals surface area contributed by atoms with Crippen LogP contribution in [0.3, 0.4) is 0 Å². The van der Waals surface area contributed by atoms with Gasteiger partial charge in [-0.15, -0.1) is 0 Å². The second-order valence-corrected chi connectivity index (χ2v) is 4.85. The van der Waals surface area contributed by atoms with Gasteiger partial charge in [-0.2, -0.15) is 0 Å². The van der Waals surface area contributed by atoms with Gasteiger partial charge in [-0.1, -0.05) is 0 Å². The second kappa shape index (κ2) is 8.45. The molecular weight excluding hydrogens is 234 g/mol. The third-order valence-corrected chi connectivity index (χ3v) is 3.23. The van der Waals surface area contributed by atoms with Crippen LogP contribution >= 0.6 is 0 Å². The molecule has 0 aromatic heterocycles. The van der Waals surface area contributed by atoms with Crippen LogP contribution in [0.4, 0.5) is 0 Å². The molecule has 0 saturated heterocycles. The molecule has 0 aromatic carbocycles. The van der Waals surface area contributed by atoms with Gasteiger partial charge in [0.15, 0.2) is 0 Å². The van der Waals surface area contributed by atoms with Gasteiger partial charge in [0.05, 0.1) is 12.2 Å². The Morgan fingerprint density at radius 2 is 2.06 bits per heavy atom. The zero-order valence-electron chi connectivity index (χ0n) is 11.4. The molecule has 5 nitrogen and oxygen atoms in total. The number of aliphatic hydroxyl groups is 1. The van der Waals surface area contributed by atoms with Gasteiger partial charge in [-0.05, 0) is 39.0 Å². The number of methoxy groups -OCH3 is 1. The maximum atomic E-state index is 11.7. The Kier molecular flexibility index (Phi) is 7.23. The van der Waals surface area contributed by atoms with Crippen LogP contribution in [0, 0.1) is 0 Å². The minimum atomic E-state index is -0.423. The fourth-order valence-corrected chi connectivity index (χ4v) is 2.10. The number of hydrogen-bond donors (Lipinski definition) is 2. The van der Waals surface area contributed by atoms with E-state index in [4.69, 9.17) is 9.47 Å². The molecule has 1 aliphatic rings. The van der Waals surface area contributed by atoms with Gasteiger partial charge < -0.3 is 19.9 Å². The van der Waals surface area contributed by atoms with E-state index in [1.807, 2.05) is 0 Å². The van der Waals surface area contributed by atoms with Crippen molar-refractivity contribution in [3.05, 3.63) is 0 Å². The number of ether oxygens (including phenoxy) is 2. The van der Waals surface area contributed by atoms with Crippen LogP contribution in [0.25, 0.3) is 0 Å². The third-order valence-electron chi connectivity index (χ3n) is 3.23. The van der Waals surface area contributed by atoms with Crippen LogP contribution in [-0.4, -0.2) is 49.6 Å². The molecule has 0 heterocycles. The van der Waals surface area contributed by atoms with Gasteiger partial charge in [-0.25, -0.2) is 0 Å². The number of carbonyl (C=O) groups excluding carboxylic acids is 1. The number of nitrogens with one attached hydrogen (secondary N) is 1. The third kappa shape index (κ3) is 5.80. The fraction of sp³-hybridized carbons (Fsp3) is 0.923. The molecule has 1 aliphatic carbocycles. The Bertz CT molecular complexity index is 239. The minimum absolute atomic E-state index is 0.0720. The summed E-state index contributed by atoms with van der Waals surface area (Å²) in [6.07, 6.45) is 3.51. The predicted molar refractivity (Wildman–Crippen MR) is 68.3 cm³/mol. The minimum Gasteiger partial charge on any atom is -0.393 e. The Morgan fingerprint density at radius 3 is 2.67 bits per heavy atom. The van der Waals surface area contributed by atoms with E-state index in [1.165, 1.54) is 0 Å². The number of aliphatic hydroxyl groups excluding tert-OH is 1. The lowest BCUT2D eigenvalue weighted by Crippen LogP contribution is -2.38. The van der Waals surface area contributed by atoms with Crippen LogP contribution in [0.5, 0.6) is 0 Å². The molecule has 106 valence electrons. The van der Waals surface area contributed by atoms with Gasteiger partial charge in [0.2, 0.25) is 5.91 Å². The van der Waals surface area contributed by atoms with Gasteiger partial charge in [0, 0.05) is 20.3 Å². The maximum Gasteiger partial charge on any atom is 0.248 e. The average Bonchev–Trinajstić information content (AvgIpc) is 2.37. The number of amides is 1. The highest BCUT2D eigenvalue weighted by Gasteiger charge is 2.23. The summed E-state index contributed by atoms with van der Waals surface area (Å²) in [5, 5.41) is 12.2. The molecule has 0 aromatic rings. The van der Waals surface area contributed by atoms with E-state index in [1.54, 1.807) is 14.0 Å². The molecule has 1 rings (SSSR count). The van der Waals surface area contributed by atoms with E-state index in [-0.39, 0.29) is 18.1 Å². The van der Waals surface area contributed by atoms with Gasteiger partial charge in [-0.3, -0.25) is 4.79 Å². The topological polar surface area (TPSA) is 67.8 Å². The summed E-state index contributed by atoms with van der Waals surface area (Å²) >= 11 is 0. The first kappa shape index (κ1) is 15.4. The lowest BCUT2D eigenvalue weighted by molar-refractivity contribution is -0.137. The zero-order chi connectivity index (χ0) is 13.4. The van der Waals surface area contributed by atoms with Crippen molar-refractivity contribution in [1.29, 1.82) is 0 Å². The molecule has 0 bridgehead atoms. The molecule has 18 heavy (non-hydrogen) atoms. The molecule has 0 aliphatic heterocycles. The van der Waals surface area contributed by atoms with Crippen molar-refractivity contribution in [2.75, 3.05) is 20.3 Å². The molecule has 1 unspecified atom stereocenters. The predicted octanol–water partition coefficient (Wildman–Crippen LogP) is 0.848. The fourth-order valence-electron chi connectivity index (χ4n) is 2.10. The first-order valence-electron chi connectivity index (χ1n) is 6.73. The van der Waals surface area contributed by atoms with Crippen molar-refractivity contribution in [1.82, 2.24) is 5.32 Å². The lowest BCUT2D eigenvalue weighted by Gasteiger charge is -2.27. The summed E-state index contributed by atoms with van der Waals surface area (Å²) in [6, 6.07) is 0. The van der Waals surface area contributed by atoms with Gasteiger partial charge in [0.1, 0.15) is 6.10 Å². The van der Waals surface area contributed by atoms with E-state index in [2.05, 4.69) is 5.32 Å². The summed E-state index contributed by atoms with van der Waals surface area (Å²) in [4.78, 5) is 11.7. The second-order valence-electron chi connectivity index (χ2n) is 4.85. The van der Waals surface area contributed by atoms with Gasteiger partial charge in [0.25, 0.3) is 0 Å². The van der Waals surface area contributed by atoms with Crippen LogP contribution in [-0.2, 0) is 14.3 Å². The van der Waals surface area contributed by atoms with E-state index >= 15 is 0 Å². The largest absolute Gasteiger partial charge is 0.393 e. The average molecular weight is 259 g/mol. The molecule has 0 radical (unpaired) electrons. The highest BCUT2D eigenvalue weighted by atomic mass is 16.5. The van der Waals surface area contributed by atoms with Crippen LogP contribution in [0.1, 0.15) is 39.0 Å². The molecule has 1 atom stereocenters. The Hall–Kier alpha value is -0.650. The van der Waals surface area contributed by atoms with Gasteiger partial charge >= 0.3 is 0 Å². The zero-order valence-corrected chi connectivity index (χ0v) is 11.4. The molecule has 5 heteroatoms. The summed E-state index contributed by atoms with van der Waals surface area (Å²) in [5.74, 6) is -0.0720.